The van der Waals surface area contributed by atoms with Gasteiger partial charge < -0.3 is 10.6 Å². The lowest BCUT2D eigenvalue weighted by atomic mass is 10.3. The minimum atomic E-state index is 0. The topological polar surface area (TPSA) is 29.3 Å². The molecule has 1 heterocycles. The monoisotopic (exact) mass is 212 g/mol. The molecule has 2 N–H and O–H groups in total. The molecule has 1 aliphatic heterocycles. The van der Waals surface area contributed by atoms with Gasteiger partial charge in [-0.3, -0.25) is 0 Å². The quantitative estimate of drug-likeness (QED) is 0.659. The molecule has 0 amide bonds. The van der Waals surface area contributed by atoms with Gasteiger partial charge >= 0.3 is 0 Å². The normalized spacial score (nSPS) is 19.3. The predicted octanol–water partition coefficient (Wildman–Crippen LogP) is 1.09. The molecule has 0 spiro atoms. The molecule has 5 heteroatoms. The predicted molar refractivity (Wildman–Crippen MR) is 57.5 cm³/mol. The minimum Gasteiger partial charge on any atom is -0.355 e. The van der Waals surface area contributed by atoms with Gasteiger partial charge in [0.2, 0.25) is 0 Å². The van der Waals surface area contributed by atoms with E-state index < -0.39 is 0 Å². The van der Waals surface area contributed by atoms with E-state index in [1.807, 2.05) is 18.7 Å². The summed E-state index contributed by atoms with van der Waals surface area (Å²) in [5, 5.41) is 0. The van der Waals surface area contributed by atoms with Crippen LogP contribution in [0, 0.1) is 0 Å². The van der Waals surface area contributed by atoms with Crippen molar-refractivity contribution in [2.45, 2.75) is 13.0 Å². The second-order valence-electron chi connectivity index (χ2n) is 2.43. The van der Waals surface area contributed by atoms with Crippen molar-refractivity contribution in [2.75, 3.05) is 18.2 Å². The van der Waals surface area contributed by atoms with Gasteiger partial charge in [-0.15, -0.1) is 24.2 Å². The number of hydrogen-bond donors (Lipinski definition) is 1. The van der Waals surface area contributed by atoms with Crippen LogP contribution in [0.2, 0.25) is 0 Å². The average molecular weight is 213 g/mol. The van der Waals surface area contributed by atoms with Gasteiger partial charge in [-0.1, -0.05) is 12.2 Å². The number of nitrogens with zero attached hydrogens (tertiary/aromatic N) is 1. The second kappa shape index (κ2) is 5.19. The lowest BCUT2D eigenvalue weighted by molar-refractivity contribution is 0.533. The van der Waals surface area contributed by atoms with Crippen LogP contribution in [0.25, 0.3) is 0 Å². The van der Waals surface area contributed by atoms with E-state index in [1.165, 1.54) is 5.75 Å². The molecule has 0 radical (unpaired) electrons. The lowest BCUT2D eigenvalue weighted by Gasteiger charge is -2.19. The zero-order chi connectivity index (χ0) is 7.56. The van der Waals surface area contributed by atoms with Crippen molar-refractivity contribution in [3.05, 3.63) is 0 Å². The maximum absolute atomic E-state index is 5.62. The van der Waals surface area contributed by atoms with Crippen LogP contribution in [0.1, 0.15) is 6.92 Å². The number of hydrogen-bond acceptors (Lipinski definition) is 3. The van der Waals surface area contributed by atoms with E-state index in [0.717, 1.165) is 17.4 Å². The number of halogens is 1. The van der Waals surface area contributed by atoms with Crippen molar-refractivity contribution in [1.82, 2.24) is 4.90 Å². The molecule has 0 bridgehead atoms. The number of thiocarbonyl (C=S) groups is 1. The highest BCUT2D eigenvalue weighted by Gasteiger charge is 2.16. The van der Waals surface area contributed by atoms with Crippen LogP contribution in [0.3, 0.4) is 0 Å². The lowest BCUT2D eigenvalue weighted by Crippen LogP contribution is -2.38. The highest BCUT2D eigenvalue weighted by Crippen LogP contribution is 2.14. The van der Waals surface area contributed by atoms with Crippen molar-refractivity contribution < 1.29 is 0 Å². The van der Waals surface area contributed by atoms with E-state index in [2.05, 4.69) is 4.90 Å². The Labute approximate surface area is 83.3 Å². The Bertz CT molecular complexity index is 135. The minimum absolute atomic E-state index is 0. The Morgan fingerprint density at radius 2 is 2.36 bits per heavy atom. The molecule has 11 heavy (non-hydrogen) atoms. The molecule has 0 saturated carbocycles. The van der Waals surface area contributed by atoms with Gasteiger partial charge in [0.25, 0.3) is 0 Å². The van der Waals surface area contributed by atoms with E-state index >= 15 is 0 Å². The molecular weight excluding hydrogens is 200 g/mol. The van der Waals surface area contributed by atoms with E-state index in [9.17, 15) is 0 Å². The summed E-state index contributed by atoms with van der Waals surface area (Å²) in [6.45, 7) is 3.01. The summed E-state index contributed by atoms with van der Waals surface area (Å²) in [5.41, 5.74) is 5.62. The SMILES string of the molecule is C[C@H](N)C(=S)N1CCSC1.Cl. The van der Waals surface area contributed by atoms with Gasteiger partial charge in [-0.25, -0.2) is 0 Å². The Balaban J connectivity index is 0.000001000. The summed E-state index contributed by atoms with van der Waals surface area (Å²) in [4.78, 5) is 3.08. The molecule has 1 rings (SSSR count). The highest BCUT2D eigenvalue weighted by molar-refractivity contribution is 7.99. The molecular formula is C6H13ClN2S2. The smallest absolute Gasteiger partial charge is 0.0953 e. The fourth-order valence-corrected chi connectivity index (χ4v) is 2.08. The number of nitrogens with two attached hydrogens (primary N) is 1. The first-order valence-corrected chi connectivity index (χ1v) is 4.90. The third kappa shape index (κ3) is 3.15. The van der Waals surface area contributed by atoms with Crippen LogP contribution < -0.4 is 5.73 Å². The summed E-state index contributed by atoms with van der Waals surface area (Å²) in [5.74, 6) is 2.22. The van der Waals surface area contributed by atoms with Gasteiger partial charge in [0.15, 0.2) is 0 Å². The van der Waals surface area contributed by atoms with Crippen LogP contribution in [-0.4, -0.2) is 34.1 Å². The zero-order valence-corrected chi connectivity index (χ0v) is 8.90. The standard InChI is InChI=1S/C6H12N2S2.ClH/c1-5(7)6(9)8-2-3-10-4-8;/h5H,2-4,7H2,1H3;1H/t5-;/m0./s1. The molecule has 0 aliphatic carbocycles. The van der Waals surface area contributed by atoms with Gasteiger partial charge in [0.05, 0.1) is 16.9 Å². The van der Waals surface area contributed by atoms with Gasteiger partial charge in [0.1, 0.15) is 0 Å². The maximum Gasteiger partial charge on any atom is 0.0953 e. The van der Waals surface area contributed by atoms with Crippen LogP contribution in [0.15, 0.2) is 0 Å². The summed E-state index contributed by atoms with van der Waals surface area (Å²) in [6, 6.07) is 0.0358. The fourth-order valence-electron chi connectivity index (χ4n) is 0.876. The van der Waals surface area contributed by atoms with E-state index in [1.54, 1.807) is 0 Å². The van der Waals surface area contributed by atoms with E-state index in [4.69, 9.17) is 18.0 Å². The highest BCUT2D eigenvalue weighted by atomic mass is 35.5. The van der Waals surface area contributed by atoms with Crippen molar-refractivity contribution >= 4 is 41.4 Å². The van der Waals surface area contributed by atoms with Crippen LogP contribution in [-0.2, 0) is 0 Å². The van der Waals surface area contributed by atoms with Crippen LogP contribution >= 0.6 is 36.4 Å². The first-order chi connectivity index (χ1) is 4.72. The number of thioether (sulfide) groups is 1. The third-order valence-corrected chi connectivity index (χ3v) is 3.05. The Morgan fingerprint density at radius 1 is 1.73 bits per heavy atom. The second-order valence-corrected chi connectivity index (χ2v) is 3.92. The van der Waals surface area contributed by atoms with E-state index in [-0.39, 0.29) is 18.4 Å². The fraction of sp³-hybridized carbons (Fsp3) is 0.833. The molecule has 0 unspecified atom stereocenters. The first-order valence-electron chi connectivity index (χ1n) is 3.34. The van der Waals surface area contributed by atoms with Gasteiger partial charge in [-0.2, -0.15) is 0 Å². The van der Waals surface area contributed by atoms with Gasteiger partial charge in [-0.05, 0) is 6.92 Å². The summed E-state index contributed by atoms with van der Waals surface area (Å²) in [6.07, 6.45) is 0. The maximum atomic E-state index is 5.62. The Kier molecular flexibility index (Phi) is 5.42. The summed E-state index contributed by atoms with van der Waals surface area (Å²) in [7, 11) is 0. The van der Waals surface area contributed by atoms with Crippen LogP contribution in [0.4, 0.5) is 0 Å². The van der Waals surface area contributed by atoms with Gasteiger partial charge in [0, 0.05) is 12.3 Å². The van der Waals surface area contributed by atoms with Crippen molar-refractivity contribution in [3.63, 3.8) is 0 Å². The van der Waals surface area contributed by atoms with Crippen molar-refractivity contribution in [3.8, 4) is 0 Å². The van der Waals surface area contributed by atoms with E-state index in [0.29, 0.717) is 0 Å². The molecule has 2 nitrogen and oxygen atoms in total. The average Bonchev–Trinajstić information content (AvgIpc) is 2.36. The molecule has 1 atom stereocenters. The largest absolute Gasteiger partial charge is 0.355 e. The molecule has 1 saturated heterocycles. The third-order valence-electron chi connectivity index (χ3n) is 1.45. The summed E-state index contributed by atoms with van der Waals surface area (Å²) >= 11 is 7.04. The Hall–Kier alpha value is 0.490. The first kappa shape index (κ1) is 11.5. The van der Waals surface area contributed by atoms with Crippen LogP contribution in [0.5, 0.6) is 0 Å². The summed E-state index contributed by atoms with van der Waals surface area (Å²) < 4.78 is 0. The number of rotatable bonds is 1. The molecule has 0 aromatic rings. The zero-order valence-electron chi connectivity index (χ0n) is 6.45. The van der Waals surface area contributed by atoms with Crippen molar-refractivity contribution in [2.24, 2.45) is 5.73 Å². The molecule has 0 aromatic heterocycles. The Morgan fingerprint density at radius 3 is 2.73 bits per heavy atom. The molecule has 1 aliphatic rings. The van der Waals surface area contributed by atoms with Crippen molar-refractivity contribution in [1.29, 1.82) is 0 Å². The molecule has 66 valence electrons. The molecule has 1 fully saturated rings. The molecule has 0 aromatic carbocycles.